The molecule has 7 nitrogen and oxygen atoms in total. The summed E-state index contributed by atoms with van der Waals surface area (Å²) in [7, 11) is 0. The summed E-state index contributed by atoms with van der Waals surface area (Å²) >= 11 is 0. The first-order valence-corrected chi connectivity index (χ1v) is 6.46. The smallest absolute Gasteiger partial charge is 0.240 e. The van der Waals surface area contributed by atoms with Gasteiger partial charge in [0, 0.05) is 24.5 Å². The van der Waals surface area contributed by atoms with E-state index in [-0.39, 0.29) is 0 Å². The van der Waals surface area contributed by atoms with Gasteiger partial charge in [-0.05, 0) is 25.9 Å². The number of hydrogen-bond acceptors (Lipinski definition) is 7. The predicted octanol–water partition coefficient (Wildman–Crippen LogP) is 0.709. The highest BCUT2D eigenvalue weighted by molar-refractivity contribution is 5.39. The highest BCUT2D eigenvalue weighted by atomic mass is 15.3. The molecule has 1 aliphatic rings. The lowest BCUT2D eigenvalue weighted by Crippen LogP contribution is -2.29. The summed E-state index contributed by atoms with van der Waals surface area (Å²) in [5.74, 6) is 0.815. The van der Waals surface area contributed by atoms with Crippen LogP contribution in [-0.2, 0) is 6.54 Å². The van der Waals surface area contributed by atoms with E-state index in [4.69, 9.17) is 0 Å². The number of piperidine rings is 1. The van der Waals surface area contributed by atoms with Crippen molar-refractivity contribution in [2.45, 2.75) is 25.8 Å². The molecule has 2 aromatic rings. The average Bonchev–Trinajstić information content (AvgIpc) is 2.50. The lowest BCUT2D eigenvalue weighted by molar-refractivity contribution is 0.220. The molecule has 0 unspecified atom stereocenters. The Morgan fingerprint density at radius 3 is 2.26 bits per heavy atom. The van der Waals surface area contributed by atoms with E-state index in [1.54, 1.807) is 0 Å². The molecule has 3 heterocycles. The minimum atomic E-state index is 0.354. The van der Waals surface area contributed by atoms with Crippen LogP contribution in [0.4, 0.5) is 0 Å². The summed E-state index contributed by atoms with van der Waals surface area (Å²) in [4.78, 5) is 11.0. The van der Waals surface area contributed by atoms with E-state index in [2.05, 4.69) is 35.3 Å². The normalized spacial score (nSPS) is 16.4. The number of rotatable bonds is 3. The third-order valence-corrected chi connectivity index (χ3v) is 3.17. The van der Waals surface area contributed by atoms with Gasteiger partial charge in [0.1, 0.15) is 0 Å². The molecule has 7 heteroatoms. The van der Waals surface area contributed by atoms with Crippen molar-refractivity contribution in [3.8, 4) is 11.6 Å². The predicted molar refractivity (Wildman–Crippen MR) is 67.8 cm³/mol. The molecule has 1 saturated heterocycles. The number of aromatic nitrogens is 6. The number of hydrogen-bond donors (Lipinski definition) is 0. The second-order valence-electron chi connectivity index (χ2n) is 4.62. The van der Waals surface area contributed by atoms with Gasteiger partial charge in [-0.1, -0.05) is 6.42 Å². The molecule has 3 rings (SSSR count). The second kappa shape index (κ2) is 5.75. The molecule has 19 heavy (non-hydrogen) atoms. The SMILES string of the molecule is c1nnc(-c2ncc(CN3CCCCC3)cn2)nn1. The van der Waals surface area contributed by atoms with E-state index in [9.17, 15) is 0 Å². The van der Waals surface area contributed by atoms with Crippen molar-refractivity contribution in [3.05, 3.63) is 24.3 Å². The molecule has 0 aromatic carbocycles. The minimum Gasteiger partial charge on any atom is -0.299 e. The zero-order valence-corrected chi connectivity index (χ0v) is 10.6. The molecule has 1 fully saturated rings. The quantitative estimate of drug-likeness (QED) is 0.801. The maximum atomic E-state index is 4.27. The average molecular weight is 257 g/mol. The minimum absolute atomic E-state index is 0.354. The Morgan fingerprint density at radius 1 is 0.895 bits per heavy atom. The third-order valence-electron chi connectivity index (χ3n) is 3.17. The Morgan fingerprint density at radius 2 is 1.58 bits per heavy atom. The van der Waals surface area contributed by atoms with Crippen LogP contribution in [0, 0.1) is 0 Å². The lowest BCUT2D eigenvalue weighted by Gasteiger charge is -2.26. The van der Waals surface area contributed by atoms with Gasteiger partial charge >= 0.3 is 0 Å². The molecule has 0 N–H and O–H groups in total. The molecule has 0 bridgehead atoms. The van der Waals surface area contributed by atoms with Crippen molar-refractivity contribution in [1.82, 2.24) is 35.3 Å². The van der Waals surface area contributed by atoms with Crippen molar-refractivity contribution >= 4 is 0 Å². The highest BCUT2D eigenvalue weighted by Gasteiger charge is 2.11. The molecule has 1 aliphatic heterocycles. The van der Waals surface area contributed by atoms with Crippen LogP contribution in [0.3, 0.4) is 0 Å². The van der Waals surface area contributed by atoms with Crippen LogP contribution in [0.15, 0.2) is 18.7 Å². The Kier molecular flexibility index (Phi) is 3.64. The molecule has 0 saturated carbocycles. The summed E-state index contributed by atoms with van der Waals surface area (Å²) in [5.41, 5.74) is 1.11. The second-order valence-corrected chi connectivity index (χ2v) is 4.62. The van der Waals surface area contributed by atoms with E-state index in [1.165, 1.54) is 25.6 Å². The standard InChI is InChI=1S/C12H15N7/c1-2-4-19(5-3-1)8-10-6-13-11(14-7-10)12-17-15-9-16-18-12/h6-7,9H,1-5,8H2. The molecule has 98 valence electrons. The van der Waals surface area contributed by atoms with Crippen LogP contribution >= 0.6 is 0 Å². The van der Waals surface area contributed by atoms with Crippen molar-refractivity contribution in [1.29, 1.82) is 0 Å². The van der Waals surface area contributed by atoms with E-state index in [0.717, 1.165) is 25.2 Å². The molecule has 0 amide bonds. The molecule has 2 aromatic heterocycles. The number of nitrogens with zero attached hydrogens (tertiary/aromatic N) is 7. The fourth-order valence-corrected chi connectivity index (χ4v) is 2.22. The maximum absolute atomic E-state index is 4.27. The van der Waals surface area contributed by atoms with Crippen molar-refractivity contribution in [3.63, 3.8) is 0 Å². The van der Waals surface area contributed by atoms with Crippen LogP contribution in [0.5, 0.6) is 0 Å². The zero-order valence-electron chi connectivity index (χ0n) is 10.6. The van der Waals surface area contributed by atoms with E-state index < -0.39 is 0 Å². The first-order chi connectivity index (χ1) is 9.42. The monoisotopic (exact) mass is 257 g/mol. The topological polar surface area (TPSA) is 80.6 Å². The van der Waals surface area contributed by atoms with Crippen molar-refractivity contribution < 1.29 is 0 Å². The molecular formula is C12H15N7. The van der Waals surface area contributed by atoms with Crippen molar-refractivity contribution in [2.24, 2.45) is 0 Å². The van der Waals surface area contributed by atoms with E-state index >= 15 is 0 Å². The van der Waals surface area contributed by atoms with Crippen LogP contribution < -0.4 is 0 Å². The van der Waals surface area contributed by atoms with E-state index in [1.807, 2.05) is 12.4 Å². The highest BCUT2D eigenvalue weighted by Crippen LogP contribution is 2.13. The Bertz CT molecular complexity index is 507. The molecule has 0 radical (unpaired) electrons. The first-order valence-electron chi connectivity index (χ1n) is 6.46. The Hall–Kier alpha value is -2.02. The first kappa shape index (κ1) is 12.0. The summed E-state index contributed by atoms with van der Waals surface area (Å²) in [6, 6.07) is 0. The maximum Gasteiger partial charge on any atom is 0.240 e. The summed E-state index contributed by atoms with van der Waals surface area (Å²) < 4.78 is 0. The van der Waals surface area contributed by atoms with Gasteiger partial charge in [0.05, 0.1) is 0 Å². The summed E-state index contributed by atoms with van der Waals surface area (Å²) in [5, 5.41) is 15.0. The largest absolute Gasteiger partial charge is 0.299 e. The van der Waals surface area contributed by atoms with Gasteiger partial charge < -0.3 is 0 Å². The van der Waals surface area contributed by atoms with Gasteiger partial charge in [-0.25, -0.2) is 9.97 Å². The molecular weight excluding hydrogens is 242 g/mol. The van der Waals surface area contributed by atoms with Crippen molar-refractivity contribution in [2.75, 3.05) is 13.1 Å². The molecule has 0 aliphatic carbocycles. The third kappa shape index (κ3) is 3.05. The summed E-state index contributed by atoms with van der Waals surface area (Å²) in [6.45, 7) is 3.24. The van der Waals surface area contributed by atoms with Crippen LogP contribution in [0.1, 0.15) is 24.8 Å². The zero-order chi connectivity index (χ0) is 12.9. The Labute approximate surface area is 111 Å². The Balaban J connectivity index is 1.68. The summed E-state index contributed by atoms with van der Waals surface area (Å²) in [6.07, 6.45) is 8.86. The van der Waals surface area contributed by atoms with Crippen LogP contribution in [-0.4, -0.2) is 48.4 Å². The number of likely N-dealkylation sites (tertiary alicyclic amines) is 1. The lowest BCUT2D eigenvalue weighted by atomic mass is 10.1. The van der Waals surface area contributed by atoms with Gasteiger partial charge in [-0.3, -0.25) is 4.90 Å². The van der Waals surface area contributed by atoms with Crippen LogP contribution in [0.2, 0.25) is 0 Å². The van der Waals surface area contributed by atoms with Gasteiger partial charge in [0.15, 0.2) is 6.33 Å². The van der Waals surface area contributed by atoms with Crippen LogP contribution in [0.25, 0.3) is 11.6 Å². The van der Waals surface area contributed by atoms with Gasteiger partial charge in [0.2, 0.25) is 11.6 Å². The fourth-order valence-electron chi connectivity index (χ4n) is 2.22. The van der Waals surface area contributed by atoms with Gasteiger partial charge in [-0.2, -0.15) is 0 Å². The molecule has 0 atom stereocenters. The van der Waals surface area contributed by atoms with Gasteiger partial charge in [-0.15, -0.1) is 20.4 Å². The van der Waals surface area contributed by atoms with E-state index in [0.29, 0.717) is 11.6 Å². The molecule has 0 spiro atoms. The van der Waals surface area contributed by atoms with Gasteiger partial charge in [0.25, 0.3) is 0 Å². The fraction of sp³-hybridized carbons (Fsp3) is 0.500.